The van der Waals surface area contributed by atoms with Crippen molar-refractivity contribution in [2.45, 2.75) is 45.4 Å². The van der Waals surface area contributed by atoms with E-state index in [0.29, 0.717) is 11.3 Å². The number of para-hydroxylation sites is 1. The fourth-order valence-corrected chi connectivity index (χ4v) is 3.24. The fourth-order valence-electron chi connectivity index (χ4n) is 3.24. The molecule has 0 bridgehead atoms. The first-order chi connectivity index (χ1) is 16.2. The Morgan fingerprint density at radius 3 is 2.30 bits per heavy atom. The second-order valence-corrected chi connectivity index (χ2v) is 7.81. The van der Waals surface area contributed by atoms with Gasteiger partial charge in [0.05, 0.1) is 17.9 Å². The molecule has 4 nitrogen and oxygen atoms in total. The minimum atomic E-state index is -0.618. The molecule has 33 heavy (non-hydrogen) atoms. The maximum Gasteiger partial charge on any atom is 0.343 e. The molecule has 0 saturated carbocycles. The summed E-state index contributed by atoms with van der Waals surface area (Å²) in [5.74, 6) is -0.430. The van der Waals surface area contributed by atoms with Gasteiger partial charge in [0.1, 0.15) is 5.75 Å². The van der Waals surface area contributed by atoms with Crippen molar-refractivity contribution in [1.29, 1.82) is 0 Å². The second-order valence-electron chi connectivity index (χ2n) is 7.81. The minimum Gasteiger partial charge on any atom is -0.494 e. The number of hydrogen-bond donors (Lipinski definition) is 0. The van der Waals surface area contributed by atoms with E-state index in [1.807, 2.05) is 24.3 Å². The molecule has 0 N–H and O–H groups in total. The third-order valence-electron chi connectivity index (χ3n) is 5.15. The normalized spacial score (nSPS) is 11.0. The largest absolute Gasteiger partial charge is 0.494 e. The van der Waals surface area contributed by atoms with Gasteiger partial charge in [0, 0.05) is 6.21 Å². The summed E-state index contributed by atoms with van der Waals surface area (Å²) >= 11 is 0. The van der Waals surface area contributed by atoms with E-state index in [2.05, 4.69) is 11.9 Å². The van der Waals surface area contributed by atoms with Gasteiger partial charge in [-0.2, -0.15) is 0 Å². The molecule has 0 aliphatic heterocycles. The van der Waals surface area contributed by atoms with E-state index in [0.717, 1.165) is 24.3 Å². The standard InChI is InChI=1S/C28H30FNO3/c1-2-3-4-5-6-9-20-32-25-18-12-22(13-19-25)21-30-24-16-14-23(15-17-24)28(31)33-27-11-8-7-10-26(27)29/h7-8,10-19,21H,2-6,9,20H2,1H3. The molecule has 0 aromatic heterocycles. The second kappa shape index (κ2) is 13.2. The number of carbonyl (C=O) groups excluding carboxylic acids is 1. The number of aliphatic imine (C=N–C) groups is 1. The summed E-state index contributed by atoms with van der Waals surface area (Å²) in [4.78, 5) is 16.6. The molecule has 0 heterocycles. The van der Waals surface area contributed by atoms with Gasteiger partial charge in [-0.25, -0.2) is 9.18 Å². The zero-order chi connectivity index (χ0) is 23.3. The Labute approximate surface area is 195 Å². The van der Waals surface area contributed by atoms with Gasteiger partial charge in [-0.15, -0.1) is 0 Å². The highest BCUT2D eigenvalue weighted by Gasteiger charge is 2.11. The van der Waals surface area contributed by atoms with Crippen LogP contribution < -0.4 is 9.47 Å². The molecule has 3 aromatic carbocycles. The van der Waals surface area contributed by atoms with Gasteiger partial charge in [0.25, 0.3) is 0 Å². The maximum absolute atomic E-state index is 13.6. The summed E-state index contributed by atoms with van der Waals surface area (Å²) in [6, 6.07) is 20.3. The highest BCUT2D eigenvalue weighted by Crippen LogP contribution is 2.19. The topological polar surface area (TPSA) is 47.9 Å². The van der Waals surface area contributed by atoms with Crippen LogP contribution in [0.5, 0.6) is 11.5 Å². The van der Waals surface area contributed by atoms with Crippen molar-refractivity contribution in [1.82, 2.24) is 0 Å². The zero-order valence-electron chi connectivity index (χ0n) is 19.0. The molecule has 5 heteroatoms. The molecular formula is C28H30FNO3. The summed E-state index contributed by atoms with van der Waals surface area (Å²) < 4.78 is 24.6. The van der Waals surface area contributed by atoms with Crippen molar-refractivity contribution in [3.63, 3.8) is 0 Å². The molecule has 0 atom stereocenters. The van der Waals surface area contributed by atoms with Crippen LogP contribution in [0, 0.1) is 5.82 Å². The molecule has 0 unspecified atom stereocenters. The van der Waals surface area contributed by atoms with Crippen molar-refractivity contribution >= 4 is 17.9 Å². The molecule has 3 rings (SSSR count). The number of hydrogen-bond acceptors (Lipinski definition) is 4. The summed E-state index contributed by atoms with van der Waals surface area (Å²) in [6.45, 7) is 2.97. The first-order valence-electron chi connectivity index (χ1n) is 11.5. The lowest BCUT2D eigenvalue weighted by molar-refractivity contribution is 0.0728. The van der Waals surface area contributed by atoms with Crippen LogP contribution in [-0.4, -0.2) is 18.8 Å². The third-order valence-corrected chi connectivity index (χ3v) is 5.15. The molecule has 172 valence electrons. The smallest absolute Gasteiger partial charge is 0.343 e. The maximum atomic E-state index is 13.6. The van der Waals surface area contributed by atoms with Crippen molar-refractivity contribution < 1.29 is 18.7 Å². The van der Waals surface area contributed by atoms with E-state index in [4.69, 9.17) is 9.47 Å². The lowest BCUT2D eigenvalue weighted by Crippen LogP contribution is -2.09. The molecule has 0 saturated heterocycles. The number of esters is 1. The monoisotopic (exact) mass is 447 g/mol. The Balaban J connectivity index is 1.45. The Kier molecular flexibility index (Phi) is 9.64. The lowest BCUT2D eigenvalue weighted by atomic mass is 10.1. The third kappa shape index (κ3) is 8.19. The molecule has 0 radical (unpaired) electrons. The van der Waals surface area contributed by atoms with Crippen LogP contribution in [0.15, 0.2) is 77.8 Å². The molecule has 0 amide bonds. The van der Waals surface area contributed by atoms with Gasteiger partial charge in [0.2, 0.25) is 0 Å². The summed E-state index contributed by atoms with van der Waals surface area (Å²) in [5, 5.41) is 0. The van der Waals surface area contributed by atoms with Crippen molar-refractivity contribution in [3.05, 3.63) is 89.7 Å². The van der Waals surface area contributed by atoms with Crippen LogP contribution >= 0.6 is 0 Å². The molecular weight excluding hydrogens is 417 g/mol. The first kappa shape index (κ1) is 24.2. The first-order valence-corrected chi connectivity index (χ1v) is 11.5. The number of rotatable bonds is 12. The number of ether oxygens (including phenoxy) is 2. The van der Waals surface area contributed by atoms with E-state index in [9.17, 15) is 9.18 Å². The zero-order valence-corrected chi connectivity index (χ0v) is 19.0. The SMILES string of the molecule is CCCCCCCCOc1ccc(C=Nc2ccc(C(=O)Oc3ccccc3F)cc2)cc1. The van der Waals surface area contributed by atoms with E-state index in [1.165, 1.54) is 50.3 Å². The van der Waals surface area contributed by atoms with Gasteiger partial charge in [-0.05, 0) is 72.6 Å². The highest BCUT2D eigenvalue weighted by atomic mass is 19.1. The van der Waals surface area contributed by atoms with Crippen molar-refractivity contribution in [2.24, 2.45) is 4.99 Å². The van der Waals surface area contributed by atoms with Gasteiger partial charge in [0.15, 0.2) is 11.6 Å². The average Bonchev–Trinajstić information content (AvgIpc) is 2.84. The van der Waals surface area contributed by atoms with Crippen LogP contribution in [0.4, 0.5) is 10.1 Å². The highest BCUT2D eigenvalue weighted by molar-refractivity contribution is 5.91. The summed E-state index contributed by atoms with van der Waals surface area (Å²) in [7, 11) is 0. The summed E-state index contributed by atoms with van der Waals surface area (Å²) in [6.07, 6.45) is 9.22. The summed E-state index contributed by atoms with van der Waals surface area (Å²) in [5.41, 5.74) is 1.97. The Bertz CT molecular complexity index is 1030. The minimum absolute atomic E-state index is 0.0935. The number of unbranched alkanes of at least 4 members (excludes halogenated alkanes) is 5. The van der Waals surface area contributed by atoms with Gasteiger partial charge in [-0.3, -0.25) is 4.99 Å². The Morgan fingerprint density at radius 2 is 1.58 bits per heavy atom. The quantitative estimate of drug-likeness (QED) is 0.125. The van der Waals surface area contributed by atoms with Crippen molar-refractivity contribution in [3.8, 4) is 11.5 Å². The van der Waals surface area contributed by atoms with Crippen LogP contribution in [-0.2, 0) is 0 Å². The van der Waals surface area contributed by atoms with Crippen LogP contribution in [0.2, 0.25) is 0 Å². The van der Waals surface area contributed by atoms with Gasteiger partial charge < -0.3 is 9.47 Å². The fraction of sp³-hybridized carbons (Fsp3) is 0.286. The molecule has 0 spiro atoms. The number of nitrogens with zero attached hydrogens (tertiary/aromatic N) is 1. The van der Waals surface area contributed by atoms with Gasteiger partial charge in [-0.1, -0.05) is 51.2 Å². The van der Waals surface area contributed by atoms with Crippen molar-refractivity contribution in [2.75, 3.05) is 6.61 Å². The number of carbonyl (C=O) groups is 1. The molecule has 3 aromatic rings. The molecule has 0 fully saturated rings. The van der Waals surface area contributed by atoms with Gasteiger partial charge >= 0.3 is 5.97 Å². The average molecular weight is 448 g/mol. The predicted molar refractivity (Wildman–Crippen MR) is 130 cm³/mol. The Hall–Kier alpha value is -3.47. The predicted octanol–water partition coefficient (Wildman–Crippen LogP) is 7.53. The van der Waals surface area contributed by atoms with Crippen LogP contribution in [0.25, 0.3) is 0 Å². The lowest BCUT2D eigenvalue weighted by Gasteiger charge is -2.06. The number of halogens is 1. The molecule has 0 aliphatic rings. The van der Waals surface area contributed by atoms with E-state index in [1.54, 1.807) is 36.5 Å². The Morgan fingerprint density at radius 1 is 0.879 bits per heavy atom. The van der Waals surface area contributed by atoms with Crippen LogP contribution in [0.1, 0.15) is 61.4 Å². The van der Waals surface area contributed by atoms with E-state index < -0.39 is 11.8 Å². The number of benzene rings is 3. The van der Waals surface area contributed by atoms with E-state index in [-0.39, 0.29) is 5.75 Å². The van der Waals surface area contributed by atoms with E-state index >= 15 is 0 Å². The van der Waals surface area contributed by atoms with Crippen LogP contribution in [0.3, 0.4) is 0 Å². The molecule has 0 aliphatic carbocycles.